The first-order chi connectivity index (χ1) is 8.29. The Bertz CT molecular complexity index is 494. The second-order valence-corrected chi connectivity index (χ2v) is 3.54. The molecule has 0 atom stereocenters. The van der Waals surface area contributed by atoms with Gasteiger partial charge in [0, 0.05) is 16.9 Å². The van der Waals surface area contributed by atoms with Crippen molar-refractivity contribution < 1.29 is 4.79 Å². The fourth-order valence-electron chi connectivity index (χ4n) is 1.44. The van der Waals surface area contributed by atoms with Gasteiger partial charge in [0.25, 0.3) is 5.91 Å². The van der Waals surface area contributed by atoms with Gasteiger partial charge in [-0.3, -0.25) is 10.6 Å². The van der Waals surface area contributed by atoms with Crippen molar-refractivity contribution >= 4 is 17.3 Å². The van der Waals surface area contributed by atoms with Crippen LogP contribution in [0.2, 0.25) is 0 Å². The van der Waals surface area contributed by atoms with E-state index < -0.39 is 0 Å². The normalized spacial score (nSPS) is 9.71. The lowest BCUT2D eigenvalue weighted by Crippen LogP contribution is -2.12. The molecule has 0 heterocycles. The van der Waals surface area contributed by atoms with Gasteiger partial charge in [-0.2, -0.15) is 0 Å². The average molecular weight is 227 g/mol. The number of nitrogen functional groups attached to an aromatic ring is 1. The van der Waals surface area contributed by atoms with Crippen molar-refractivity contribution in [2.75, 3.05) is 10.7 Å². The first kappa shape index (κ1) is 11.2. The maximum Gasteiger partial charge on any atom is 0.255 e. The van der Waals surface area contributed by atoms with Crippen LogP contribution in [0.1, 0.15) is 10.4 Å². The molecule has 0 aromatic heterocycles. The minimum atomic E-state index is -0.139. The Balaban J connectivity index is 2.09. The molecule has 0 saturated heterocycles. The molecule has 2 rings (SSSR count). The first-order valence-electron chi connectivity index (χ1n) is 5.22. The van der Waals surface area contributed by atoms with Crippen LogP contribution in [0, 0.1) is 0 Å². The predicted molar refractivity (Wildman–Crippen MR) is 68.6 cm³/mol. The molecule has 0 aliphatic heterocycles. The number of rotatable bonds is 3. The zero-order chi connectivity index (χ0) is 12.1. The quantitative estimate of drug-likeness (QED) is 0.556. The summed E-state index contributed by atoms with van der Waals surface area (Å²) in [7, 11) is 0. The number of carbonyl (C=O) groups is 1. The second-order valence-electron chi connectivity index (χ2n) is 3.54. The van der Waals surface area contributed by atoms with E-state index in [0.29, 0.717) is 5.56 Å². The third-order valence-electron chi connectivity index (χ3n) is 2.35. The van der Waals surface area contributed by atoms with E-state index in [1.54, 1.807) is 24.3 Å². The molecule has 4 heteroatoms. The van der Waals surface area contributed by atoms with Crippen LogP contribution in [-0.4, -0.2) is 5.91 Å². The summed E-state index contributed by atoms with van der Waals surface area (Å²) in [5, 5.41) is 2.81. The summed E-state index contributed by atoms with van der Waals surface area (Å²) in [6.45, 7) is 0. The second kappa shape index (κ2) is 5.14. The summed E-state index contributed by atoms with van der Waals surface area (Å²) in [5.74, 6) is 5.11. The monoisotopic (exact) mass is 227 g/mol. The van der Waals surface area contributed by atoms with Crippen molar-refractivity contribution in [2.45, 2.75) is 0 Å². The summed E-state index contributed by atoms with van der Waals surface area (Å²) < 4.78 is 0. The number of amides is 1. The van der Waals surface area contributed by atoms with Crippen molar-refractivity contribution in [3.05, 3.63) is 60.2 Å². The highest BCUT2D eigenvalue weighted by Crippen LogP contribution is 2.11. The summed E-state index contributed by atoms with van der Waals surface area (Å²) >= 11 is 0. The molecule has 0 radical (unpaired) electrons. The van der Waals surface area contributed by atoms with Crippen LogP contribution < -0.4 is 16.6 Å². The summed E-state index contributed by atoms with van der Waals surface area (Å²) in [6.07, 6.45) is 0. The van der Waals surface area contributed by atoms with E-state index in [-0.39, 0.29) is 5.91 Å². The zero-order valence-electron chi connectivity index (χ0n) is 9.18. The van der Waals surface area contributed by atoms with E-state index in [1.807, 2.05) is 30.3 Å². The molecule has 0 saturated carbocycles. The van der Waals surface area contributed by atoms with E-state index in [1.165, 1.54) is 0 Å². The molecule has 4 nitrogen and oxygen atoms in total. The van der Waals surface area contributed by atoms with Crippen LogP contribution >= 0.6 is 0 Å². The minimum Gasteiger partial charge on any atom is -0.324 e. The van der Waals surface area contributed by atoms with Crippen molar-refractivity contribution in [2.24, 2.45) is 5.84 Å². The third-order valence-corrected chi connectivity index (χ3v) is 2.35. The molecule has 0 aliphatic carbocycles. The number of hydrogen-bond donors (Lipinski definition) is 3. The van der Waals surface area contributed by atoms with Crippen molar-refractivity contribution in [3.8, 4) is 0 Å². The Morgan fingerprint density at radius 2 is 1.53 bits per heavy atom. The standard InChI is InChI=1S/C13H13N3O/c14-16-12-8-6-10(7-9-12)13(17)15-11-4-2-1-3-5-11/h1-9,16H,14H2,(H,15,17). The highest BCUT2D eigenvalue weighted by molar-refractivity contribution is 6.04. The van der Waals surface area contributed by atoms with E-state index in [0.717, 1.165) is 11.4 Å². The lowest BCUT2D eigenvalue weighted by molar-refractivity contribution is 0.102. The van der Waals surface area contributed by atoms with Crippen molar-refractivity contribution in [3.63, 3.8) is 0 Å². The SMILES string of the molecule is NNc1ccc(C(=O)Nc2ccccc2)cc1. The Hall–Kier alpha value is -2.33. The lowest BCUT2D eigenvalue weighted by Gasteiger charge is -2.05. The molecule has 0 aliphatic rings. The number of carbonyl (C=O) groups excluding carboxylic acids is 1. The fourth-order valence-corrected chi connectivity index (χ4v) is 1.44. The minimum absolute atomic E-state index is 0.139. The maximum atomic E-state index is 11.9. The molecule has 17 heavy (non-hydrogen) atoms. The van der Waals surface area contributed by atoms with Crippen molar-refractivity contribution in [1.82, 2.24) is 0 Å². The molecule has 0 unspecified atom stereocenters. The van der Waals surface area contributed by atoms with Gasteiger partial charge in [-0.05, 0) is 36.4 Å². The molecule has 0 fully saturated rings. The molecule has 1 amide bonds. The number of nitrogens with two attached hydrogens (primary N) is 1. The summed E-state index contributed by atoms with van der Waals surface area (Å²) in [6, 6.07) is 16.3. The Labute approximate surface area is 99.4 Å². The topological polar surface area (TPSA) is 67.1 Å². The van der Waals surface area contributed by atoms with Crippen molar-refractivity contribution in [1.29, 1.82) is 0 Å². The number of para-hydroxylation sites is 1. The van der Waals surface area contributed by atoms with Gasteiger partial charge in [-0.25, -0.2) is 0 Å². The van der Waals surface area contributed by atoms with Gasteiger partial charge in [-0.1, -0.05) is 18.2 Å². The first-order valence-corrected chi connectivity index (χ1v) is 5.22. The highest BCUT2D eigenvalue weighted by atomic mass is 16.1. The molecule has 0 bridgehead atoms. The Morgan fingerprint density at radius 1 is 0.882 bits per heavy atom. The van der Waals surface area contributed by atoms with Crippen LogP contribution in [0.3, 0.4) is 0 Å². The lowest BCUT2D eigenvalue weighted by atomic mass is 10.2. The van der Waals surface area contributed by atoms with E-state index in [4.69, 9.17) is 5.84 Å². The van der Waals surface area contributed by atoms with E-state index in [2.05, 4.69) is 10.7 Å². The highest BCUT2D eigenvalue weighted by Gasteiger charge is 2.04. The average Bonchev–Trinajstić information content (AvgIpc) is 2.40. The van der Waals surface area contributed by atoms with Gasteiger partial charge in [0.1, 0.15) is 0 Å². The molecular formula is C13H13N3O. The molecule has 86 valence electrons. The maximum absolute atomic E-state index is 11.9. The molecule has 4 N–H and O–H groups in total. The van der Waals surface area contributed by atoms with Crippen LogP contribution in [0.25, 0.3) is 0 Å². The van der Waals surface area contributed by atoms with Gasteiger partial charge in [0.05, 0.1) is 0 Å². The molecule has 2 aromatic rings. The predicted octanol–water partition coefficient (Wildman–Crippen LogP) is 2.22. The van der Waals surface area contributed by atoms with Gasteiger partial charge >= 0.3 is 0 Å². The zero-order valence-corrected chi connectivity index (χ0v) is 9.18. The van der Waals surface area contributed by atoms with E-state index >= 15 is 0 Å². The van der Waals surface area contributed by atoms with Gasteiger partial charge in [0.2, 0.25) is 0 Å². The summed E-state index contributed by atoms with van der Waals surface area (Å²) in [5.41, 5.74) is 4.64. The summed E-state index contributed by atoms with van der Waals surface area (Å²) in [4.78, 5) is 11.9. The number of benzene rings is 2. The van der Waals surface area contributed by atoms with Crippen LogP contribution in [-0.2, 0) is 0 Å². The van der Waals surface area contributed by atoms with E-state index in [9.17, 15) is 4.79 Å². The number of hydrazine groups is 1. The van der Waals surface area contributed by atoms with Crippen LogP contribution in [0.5, 0.6) is 0 Å². The molecule has 0 spiro atoms. The number of nitrogens with one attached hydrogen (secondary N) is 2. The largest absolute Gasteiger partial charge is 0.324 e. The molecule has 2 aromatic carbocycles. The van der Waals surface area contributed by atoms with Gasteiger partial charge in [0.15, 0.2) is 0 Å². The van der Waals surface area contributed by atoms with Gasteiger partial charge < -0.3 is 10.7 Å². The van der Waals surface area contributed by atoms with Crippen LogP contribution in [0.4, 0.5) is 11.4 Å². The van der Waals surface area contributed by atoms with Crippen LogP contribution in [0.15, 0.2) is 54.6 Å². The third kappa shape index (κ3) is 2.83. The smallest absolute Gasteiger partial charge is 0.255 e. The Morgan fingerprint density at radius 3 is 2.12 bits per heavy atom. The molecular weight excluding hydrogens is 214 g/mol. The number of anilines is 2. The number of hydrogen-bond acceptors (Lipinski definition) is 3. The van der Waals surface area contributed by atoms with Gasteiger partial charge in [-0.15, -0.1) is 0 Å². The Kier molecular flexibility index (Phi) is 3.37. The fraction of sp³-hybridized carbons (Fsp3) is 0.